The van der Waals surface area contributed by atoms with Crippen LogP contribution in [0.2, 0.25) is 0 Å². The van der Waals surface area contributed by atoms with Gasteiger partial charge in [-0.15, -0.1) is 0 Å². The summed E-state index contributed by atoms with van der Waals surface area (Å²) in [5.41, 5.74) is 1.36. The van der Waals surface area contributed by atoms with Crippen LogP contribution in [-0.4, -0.2) is 56.2 Å². The molecule has 0 saturated carbocycles. The number of fused-ring (bicyclic) bond motifs is 3. The number of likely N-dealkylation sites (tertiary alicyclic amines) is 1. The van der Waals surface area contributed by atoms with Crippen molar-refractivity contribution >= 4 is 28.6 Å². The lowest BCUT2D eigenvalue weighted by Gasteiger charge is -2.34. The quantitative estimate of drug-likeness (QED) is 0.548. The smallest absolute Gasteiger partial charge is 0.416 e. The SMILES string of the molecule is Cc1nc(N[C@H](C)c2cccc(C(F)(F)F)c2C)c2cc(N3C[C@@H]4C[C@H]3CN4C(=O)O)cnc2n1. The maximum atomic E-state index is 13.4. The molecule has 3 atom stereocenters. The second-order valence-electron chi connectivity index (χ2n) is 9.20. The molecule has 2 N–H and O–H groups in total. The number of carbonyl (C=O) groups is 1. The largest absolute Gasteiger partial charge is 0.465 e. The van der Waals surface area contributed by atoms with E-state index < -0.39 is 23.9 Å². The van der Waals surface area contributed by atoms with Crippen molar-refractivity contribution in [3.05, 3.63) is 53.0 Å². The summed E-state index contributed by atoms with van der Waals surface area (Å²) in [5.74, 6) is 0.980. The molecule has 0 radical (unpaired) electrons. The Bertz CT molecular complexity index is 1310. The topological polar surface area (TPSA) is 94.5 Å². The summed E-state index contributed by atoms with van der Waals surface area (Å²) in [7, 11) is 0. The van der Waals surface area contributed by atoms with Gasteiger partial charge in [0.15, 0.2) is 5.65 Å². The maximum Gasteiger partial charge on any atom is 0.416 e. The number of alkyl halides is 3. The fourth-order valence-electron chi connectivity index (χ4n) is 5.31. The Morgan fingerprint density at radius 2 is 1.97 bits per heavy atom. The highest BCUT2D eigenvalue weighted by Gasteiger charge is 2.45. The number of benzene rings is 1. The third-order valence-corrected chi connectivity index (χ3v) is 6.97. The average Bonchev–Trinajstić information content (AvgIpc) is 3.39. The van der Waals surface area contributed by atoms with E-state index in [1.165, 1.54) is 17.9 Å². The molecule has 2 aromatic heterocycles. The molecule has 2 aliphatic heterocycles. The zero-order valence-corrected chi connectivity index (χ0v) is 19.5. The number of piperazine rings is 1. The van der Waals surface area contributed by atoms with E-state index in [4.69, 9.17) is 0 Å². The normalized spacial score (nSPS) is 20.5. The molecular formula is C24H25F3N6O2. The molecule has 8 nitrogen and oxygen atoms in total. The molecule has 5 rings (SSSR count). The number of amides is 1. The summed E-state index contributed by atoms with van der Waals surface area (Å²) < 4.78 is 40.2. The minimum atomic E-state index is -4.43. The number of nitrogens with zero attached hydrogens (tertiary/aromatic N) is 5. The van der Waals surface area contributed by atoms with E-state index in [0.29, 0.717) is 41.3 Å². The monoisotopic (exact) mass is 486 g/mol. The predicted octanol–water partition coefficient (Wildman–Crippen LogP) is 4.77. The van der Waals surface area contributed by atoms with Gasteiger partial charge in [-0.25, -0.2) is 19.7 Å². The fraction of sp³-hybridized carbons (Fsp3) is 0.417. The second kappa shape index (κ2) is 8.24. The fourth-order valence-corrected chi connectivity index (χ4v) is 5.31. The van der Waals surface area contributed by atoms with Gasteiger partial charge in [-0.2, -0.15) is 13.2 Å². The molecule has 3 aromatic rings. The van der Waals surface area contributed by atoms with Crippen LogP contribution in [-0.2, 0) is 6.18 Å². The minimum absolute atomic E-state index is 0.0519. The van der Waals surface area contributed by atoms with Gasteiger partial charge in [-0.3, -0.25) is 0 Å². The molecule has 2 saturated heterocycles. The molecule has 1 aromatic carbocycles. The van der Waals surface area contributed by atoms with Gasteiger partial charge in [-0.05, 0) is 50.5 Å². The predicted molar refractivity (Wildman–Crippen MR) is 125 cm³/mol. The first kappa shape index (κ1) is 23.1. The van der Waals surface area contributed by atoms with E-state index in [1.807, 2.05) is 6.07 Å². The van der Waals surface area contributed by atoms with Crippen molar-refractivity contribution in [2.75, 3.05) is 23.3 Å². The molecule has 184 valence electrons. The van der Waals surface area contributed by atoms with Crippen LogP contribution in [0.1, 0.15) is 41.9 Å². The van der Waals surface area contributed by atoms with Gasteiger partial charge in [-0.1, -0.05) is 12.1 Å². The van der Waals surface area contributed by atoms with Crippen molar-refractivity contribution in [3.63, 3.8) is 0 Å². The van der Waals surface area contributed by atoms with Crippen LogP contribution >= 0.6 is 0 Å². The molecule has 0 unspecified atom stereocenters. The van der Waals surface area contributed by atoms with Crippen LogP contribution in [0.3, 0.4) is 0 Å². The van der Waals surface area contributed by atoms with Crippen LogP contribution in [0.25, 0.3) is 11.0 Å². The van der Waals surface area contributed by atoms with Gasteiger partial charge in [0.25, 0.3) is 0 Å². The number of carboxylic acid groups (broad SMARTS) is 1. The highest BCUT2D eigenvalue weighted by molar-refractivity contribution is 5.89. The van der Waals surface area contributed by atoms with Crippen LogP contribution < -0.4 is 10.2 Å². The van der Waals surface area contributed by atoms with Gasteiger partial charge in [0, 0.05) is 19.1 Å². The molecular weight excluding hydrogens is 461 g/mol. The molecule has 1 amide bonds. The van der Waals surface area contributed by atoms with Crippen LogP contribution in [0.4, 0.5) is 29.5 Å². The van der Waals surface area contributed by atoms with E-state index in [1.54, 1.807) is 26.1 Å². The van der Waals surface area contributed by atoms with E-state index in [2.05, 4.69) is 25.2 Å². The van der Waals surface area contributed by atoms with E-state index in [0.717, 1.165) is 18.2 Å². The van der Waals surface area contributed by atoms with Crippen LogP contribution in [0.5, 0.6) is 0 Å². The first-order chi connectivity index (χ1) is 16.5. The number of anilines is 2. The van der Waals surface area contributed by atoms with E-state index in [9.17, 15) is 23.1 Å². The Balaban J connectivity index is 1.47. The Hall–Kier alpha value is -3.63. The number of hydrogen-bond acceptors (Lipinski definition) is 6. The van der Waals surface area contributed by atoms with Crippen molar-refractivity contribution < 1.29 is 23.1 Å². The lowest BCUT2D eigenvalue weighted by atomic mass is 9.97. The average molecular weight is 486 g/mol. The Morgan fingerprint density at radius 1 is 1.20 bits per heavy atom. The minimum Gasteiger partial charge on any atom is -0.465 e. The van der Waals surface area contributed by atoms with Crippen LogP contribution in [0, 0.1) is 13.8 Å². The Labute approximate surface area is 199 Å². The molecule has 35 heavy (non-hydrogen) atoms. The van der Waals surface area contributed by atoms with Crippen molar-refractivity contribution in [2.45, 2.75) is 51.5 Å². The number of aryl methyl sites for hydroxylation is 1. The molecule has 2 fully saturated rings. The van der Waals surface area contributed by atoms with Crippen molar-refractivity contribution in [2.24, 2.45) is 0 Å². The van der Waals surface area contributed by atoms with Gasteiger partial charge in [0.2, 0.25) is 0 Å². The summed E-state index contributed by atoms with van der Waals surface area (Å²) in [6.07, 6.45) is -2.83. The molecule has 2 bridgehead atoms. The zero-order valence-electron chi connectivity index (χ0n) is 19.5. The number of halogens is 3. The van der Waals surface area contributed by atoms with Crippen LogP contribution in [0.15, 0.2) is 30.5 Å². The molecule has 11 heteroatoms. The van der Waals surface area contributed by atoms with E-state index in [-0.39, 0.29) is 17.6 Å². The van der Waals surface area contributed by atoms with Crippen molar-refractivity contribution in [1.29, 1.82) is 0 Å². The first-order valence-corrected chi connectivity index (χ1v) is 11.4. The van der Waals surface area contributed by atoms with Gasteiger partial charge in [0.1, 0.15) is 11.6 Å². The first-order valence-electron chi connectivity index (χ1n) is 11.4. The molecule has 4 heterocycles. The Morgan fingerprint density at radius 3 is 2.63 bits per heavy atom. The highest BCUT2D eigenvalue weighted by atomic mass is 19.4. The molecule has 2 aliphatic rings. The van der Waals surface area contributed by atoms with Gasteiger partial charge in [0.05, 0.1) is 34.9 Å². The summed E-state index contributed by atoms with van der Waals surface area (Å²) in [6, 6.07) is 5.66. The Kier molecular flexibility index (Phi) is 5.45. The second-order valence-corrected chi connectivity index (χ2v) is 9.20. The zero-order chi connectivity index (χ0) is 25.1. The number of rotatable bonds is 4. The van der Waals surface area contributed by atoms with Gasteiger partial charge < -0.3 is 20.2 Å². The maximum absolute atomic E-state index is 13.4. The van der Waals surface area contributed by atoms with Crippen molar-refractivity contribution in [3.8, 4) is 0 Å². The summed E-state index contributed by atoms with van der Waals surface area (Å²) >= 11 is 0. The highest BCUT2D eigenvalue weighted by Crippen LogP contribution is 2.37. The molecule has 0 aliphatic carbocycles. The van der Waals surface area contributed by atoms with Crippen molar-refractivity contribution in [1.82, 2.24) is 19.9 Å². The lowest BCUT2D eigenvalue weighted by Crippen LogP contribution is -2.48. The summed E-state index contributed by atoms with van der Waals surface area (Å²) in [5, 5.41) is 13.3. The summed E-state index contributed by atoms with van der Waals surface area (Å²) in [4.78, 5) is 28.5. The number of hydrogen-bond donors (Lipinski definition) is 2. The standard InChI is InChI=1S/C24H25F3N6O2/c1-12-18(5-4-6-20(12)24(25,26)27)13(2)29-22-19-8-15(9-28-21(19)30-14(3)31-22)32-10-17-7-16(32)11-33(17)23(34)35/h4-6,8-9,13,16-17H,7,10-11H2,1-3H3,(H,34,35)(H,28,29,30,31)/t13-,16+,17+/m1/s1. The number of pyridine rings is 1. The number of nitrogens with one attached hydrogen (secondary N) is 1. The summed E-state index contributed by atoms with van der Waals surface area (Å²) in [6.45, 7) is 6.03. The third-order valence-electron chi connectivity index (χ3n) is 6.97. The number of aromatic nitrogens is 3. The molecule has 0 spiro atoms. The van der Waals surface area contributed by atoms with Gasteiger partial charge >= 0.3 is 12.3 Å². The lowest BCUT2D eigenvalue weighted by molar-refractivity contribution is -0.138. The third kappa shape index (κ3) is 4.08. The van der Waals surface area contributed by atoms with E-state index >= 15 is 0 Å².